The Morgan fingerprint density at radius 1 is 0.317 bits per heavy atom. The van der Waals surface area contributed by atoms with Crippen molar-refractivity contribution in [2.24, 2.45) is 0 Å². The van der Waals surface area contributed by atoms with Gasteiger partial charge >= 0.3 is 0 Å². The molecule has 0 saturated heterocycles. The average molecular weight is 771 g/mol. The SMILES string of the molecule is Cc1ccc2c(c1)c1cc(C)ccc1n2-c1ccccc1-c1cc(-c2nc(-c3ccccc3)cc(-c3ccccc3)n2)ccc1-n1c2ccc(C)cc2c2cc(C)ccc21. The Balaban J connectivity index is 1.23. The van der Waals surface area contributed by atoms with Crippen molar-refractivity contribution in [2.45, 2.75) is 27.7 Å². The van der Waals surface area contributed by atoms with Gasteiger partial charge in [0.2, 0.25) is 0 Å². The van der Waals surface area contributed by atoms with Crippen LogP contribution in [0.15, 0.2) is 182 Å². The van der Waals surface area contributed by atoms with Crippen molar-refractivity contribution >= 4 is 43.6 Å². The van der Waals surface area contributed by atoms with Crippen LogP contribution in [-0.4, -0.2) is 19.1 Å². The highest BCUT2D eigenvalue weighted by Gasteiger charge is 2.22. The molecule has 0 saturated carbocycles. The van der Waals surface area contributed by atoms with Gasteiger partial charge in [-0.05, 0) is 107 Å². The van der Waals surface area contributed by atoms with Gasteiger partial charge < -0.3 is 9.13 Å². The largest absolute Gasteiger partial charge is 0.309 e. The quantitative estimate of drug-likeness (QED) is 0.169. The molecule has 0 bridgehead atoms. The first-order chi connectivity index (χ1) is 29.4. The lowest BCUT2D eigenvalue weighted by atomic mass is 9.97. The van der Waals surface area contributed by atoms with E-state index in [0.29, 0.717) is 5.82 Å². The van der Waals surface area contributed by atoms with E-state index in [1.807, 2.05) is 12.1 Å². The summed E-state index contributed by atoms with van der Waals surface area (Å²) in [5.41, 5.74) is 18.9. The van der Waals surface area contributed by atoms with Gasteiger partial charge in [0.15, 0.2) is 5.82 Å². The summed E-state index contributed by atoms with van der Waals surface area (Å²) in [4.78, 5) is 10.6. The summed E-state index contributed by atoms with van der Waals surface area (Å²) >= 11 is 0. The lowest BCUT2D eigenvalue weighted by molar-refractivity contribution is 1.15. The molecule has 0 spiro atoms. The standard InChI is InChI=1S/C56H42N4/c1-35-19-24-51-43(29-35)44-30-36(2)20-25-52(44)59(51)50-18-12-11-17-42(50)47-33-41(56-57-48(39-13-7-5-8-14-39)34-49(58-56)40-15-9-6-10-16-40)23-28-55(47)60-53-26-21-37(3)31-45(53)46-32-38(4)22-27-54(46)60/h5-34H,1-4H3. The van der Waals surface area contributed by atoms with Crippen LogP contribution in [0.25, 0.3) is 100 Å². The maximum atomic E-state index is 5.29. The summed E-state index contributed by atoms with van der Waals surface area (Å²) in [5.74, 6) is 0.678. The minimum Gasteiger partial charge on any atom is -0.309 e. The molecule has 0 unspecified atom stereocenters. The van der Waals surface area contributed by atoms with E-state index in [-0.39, 0.29) is 0 Å². The predicted octanol–water partition coefficient (Wildman–Crippen LogP) is 14.6. The van der Waals surface area contributed by atoms with Crippen LogP contribution in [0.1, 0.15) is 22.3 Å². The summed E-state index contributed by atoms with van der Waals surface area (Å²) in [6.07, 6.45) is 0. The monoisotopic (exact) mass is 770 g/mol. The number of hydrogen-bond acceptors (Lipinski definition) is 2. The second kappa shape index (κ2) is 14.1. The molecule has 4 heteroatoms. The minimum atomic E-state index is 0.678. The van der Waals surface area contributed by atoms with Crippen LogP contribution in [0, 0.1) is 27.7 Å². The second-order valence-electron chi connectivity index (χ2n) is 16.2. The minimum absolute atomic E-state index is 0.678. The van der Waals surface area contributed by atoms with Crippen molar-refractivity contribution < 1.29 is 0 Å². The van der Waals surface area contributed by atoms with Crippen molar-refractivity contribution in [3.05, 3.63) is 204 Å². The molecule has 0 aliphatic rings. The molecule has 0 amide bonds. The number of para-hydroxylation sites is 1. The third-order valence-corrected chi connectivity index (χ3v) is 11.9. The van der Waals surface area contributed by atoms with Crippen LogP contribution in [0.3, 0.4) is 0 Å². The van der Waals surface area contributed by atoms with Gasteiger partial charge in [-0.2, -0.15) is 0 Å². The van der Waals surface area contributed by atoms with Gasteiger partial charge in [0.1, 0.15) is 0 Å². The molecule has 0 atom stereocenters. The molecule has 0 aliphatic heterocycles. The molecule has 60 heavy (non-hydrogen) atoms. The van der Waals surface area contributed by atoms with Crippen LogP contribution in [0.4, 0.5) is 0 Å². The first-order valence-corrected chi connectivity index (χ1v) is 20.7. The third kappa shape index (κ3) is 5.91. The highest BCUT2D eigenvalue weighted by molar-refractivity contribution is 6.12. The van der Waals surface area contributed by atoms with E-state index in [9.17, 15) is 0 Å². The second-order valence-corrected chi connectivity index (χ2v) is 16.2. The van der Waals surface area contributed by atoms with Crippen molar-refractivity contribution in [1.82, 2.24) is 19.1 Å². The first-order valence-electron chi connectivity index (χ1n) is 20.7. The Morgan fingerprint density at radius 3 is 1.17 bits per heavy atom. The summed E-state index contributed by atoms with van der Waals surface area (Å²) in [7, 11) is 0. The molecule has 0 aliphatic carbocycles. The van der Waals surface area contributed by atoms with Crippen molar-refractivity contribution in [3.63, 3.8) is 0 Å². The Bertz CT molecular complexity index is 3290. The smallest absolute Gasteiger partial charge is 0.160 e. The zero-order valence-electron chi connectivity index (χ0n) is 34.1. The number of aromatic nitrogens is 4. The Kier molecular flexibility index (Phi) is 8.35. The third-order valence-electron chi connectivity index (χ3n) is 11.9. The lowest BCUT2D eigenvalue weighted by Crippen LogP contribution is -2.03. The van der Waals surface area contributed by atoms with Crippen LogP contribution in [-0.2, 0) is 0 Å². The van der Waals surface area contributed by atoms with Crippen LogP contribution in [0.2, 0.25) is 0 Å². The van der Waals surface area contributed by atoms with E-state index in [1.54, 1.807) is 0 Å². The van der Waals surface area contributed by atoms with E-state index in [2.05, 4.69) is 207 Å². The van der Waals surface area contributed by atoms with E-state index in [1.165, 1.54) is 65.9 Å². The predicted molar refractivity (Wildman–Crippen MR) is 251 cm³/mol. The molecule has 4 nitrogen and oxygen atoms in total. The molecule has 3 aromatic heterocycles. The average Bonchev–Trinajstić information content (AvgIpc) is 3.77. The van der Waals surface area contributed by atoms with Crippen LogP contribution in [0.5, 0.6) is 0 Å². The van der Waals surface area contributed by atoms with Gasteiger partial charge in [-0.25, -0.2) is 9.97 Å². The van der Waals surface area contributed by atoms with Gasteiger partial charge in [-0.15, -0.1) is 0 Å². The highest BCUT2D eigenvalue weighted by Crippen LogP contribution is 2.43. The summed E-state index contributed by atoms with van der Waals surface area (Å²) in [6, 6.07) is 65.9. The topological polar surface area (TPSA) is 35.6 Å². The van der Waals surface area contributed by atoms with Gasteiger partial charge in [0, 0.05) is 49.4 Å². The molecule has 0 fully saturated rings. The molecule has 8 aromatic carbocycles. The number of benzene rings is 8. The fraction of sp³-hybridized carbons (Fsp3) is 0.0714. The molecule has 11 rings (SSSR count). The molecular weight excluding hydrogens is 729 g/mol. The maximum Gasteiger partial charge on any atom is 0.160 e. The molecule has 11 aromatic rings. The van der Waals surface area contributed by atoms with Gasteiger partial charge in [-0.1, -0.05) is 125 Å². The van der Waals surface area contributed by atoms with E-state index < -0.39 is 0 Å². The van der Waals surface area contributed by atoms with Crippen LogP contribution >= 0.6 is 0 Å². The number of hydrogen-bond donors (Lipinski definition) is 0. The highest BCUT2D eigenvalue weighted by atomic mass is 15.0. The van der Waals surface area contributed by atoms with Crippen molar-refractivity contribution in [2.75, 3.05) is 0 Å². The number of fused-ring (bicyclic) bond motifs is 6. The number of aryl methyl sites for hydroxylation is 4. The molecule has 3 heterocycles. The van der Waals surface area contributed by atoms with Crippen molar-refractivity contribution in [1.29, 1.82) is 0 Å². The van der Waals surface area contributed by atoms with Crippen molar-refractivity contribution in [3.8, 4) is 56.4 Å². The summed E-state index contributed by atoms with van der Waals surface area (Å²) in [5, 5.41) is 5.00. The Morgan fingerprint density at radius 2 is 0.717 bits per heavy atom. The number of nitrogens with zero attached hydrogens (tertiary/aromatic N) is 4. The van der Waals surface area contributed by atoms with E-state index >= 15 is 0 Å². The molecule has 0 radical (unpaired) electrons. The number of rotatable bonds is 6. The van der Waals surface area contributed by atoms with Gasteiger partial charge in [0.25, 0.3) is 0 Å². The first kappa shape index (κ1) is 35.6. The maximum absolute atomic E-state index is 5.29. The van der Waals surface area contributed by atoms with E-state index in [4.69, 9.17) is 9.97 Å². The summed E-state index contributed by atoms with van der Waals surface area (Å²) < 4.78 is 4.91. The molecular formula is C56H42N4. The Labute approximate surface area is 349 Å². The zero-order valence-corrected chi connectivity index (χ0v) is 34.1. The molecule has 0 N–H and O–H groups in total. The van der Waals surface area contributed by atoms with Gasteiger partial charge in [0.05, 0.1) is 44.8 Å². The fourth-order valence-electron chi connectivity index (χ4n) is 9.09. The normalized spacial score (nSPS) is 11.7. The summed E-state index contributed by atoms with van der Waals surface area (Å²) in [6.45, 7) is 8.71. The van der Waals surface area contributed by atoms with Gasteiger partial charge in [-0.3, -0.25) is 0 Å². The zero-order chi connectivity index (χ0) is 40.5. The lowest BCUT2D eigenvalue weighted by Gasteiger charge is -2.20. The Hall–Kier alpha value is -7.56. The van der Waals surface area contributed by atoms with Crippen LogP contribution < -0.4 is 0 Å². The van der Waals surface area contributed by atoms with E-state index in [0.717, 1.165) is 50.6 Å². The molecule has 286 valence electrons. The fourth-order valence-corrected chi connectivity index (χ4v) is 9.09.